The summed E-state index contributed by atoms with van der Waals surface area (Å²) in [5.74, 6) is 0.324. The number of phenolic OH excluding ortho intramolecular Hbond substituents is 1. The molecule has 0 saturated carbocycles. The Balaban J connectivity index is 2.10. The number of benzene rings is 2. The summed E-state index contributed by atoms with van der Waals surface area (Å²) in [6.45, 7) is 3.84. The fourth-order valence-corrected chi connectivity index (χ4v) is 3.39. The van der Waals surface area contributed by atoms with Crippen LogP contribution >= 0.6 is 0 Å². The number of carbonyl (C=O) groups is 2. The van der Waals surface area contributed by atoms with Crippen molar-refractivity contribution in [1.82, 2.24) is 5.32 Å². The molecule has 30 heavy (non-hydrogen) atoms. The van der Waals surface area contributed by atoms with E-state index in [1.807, 2.05) is 0 Å². The van der Waals surface area contributed by atoms with Crippen LogP contribution in [0.3, 0.4) is 0 Å². The van der Waals surface area contributed by atoms with E-state index in [0.29, 0.717) is 29.3 Å². The predicted octanol–water partition coefficient (Wildman–Crippen LogP) is 3.52. The number of urea groups is 1. The first kappa shape index (κ1) is 21.0. The van der Waals surface area contributed by atoms with Gasteiger partial charge in [-0.05, 0) is 55.8 Å². The molecular weight excluding hydrogens is 388 g/mol. The maximum Gasteiger partial charge on any atom is 0.337 e. The van der Waals surface area contributed by atoms with E-state index in [1.54, 1.807) is 57.4 Å². The van der Waals surface area contributed by atoms with Gasteiger partial charge in [-0.15, -0.1) is 0 Å². The molecule has 2 aromatic carbocycles. The van der Waals surface area contributed by atoms with E-state index in [0.717, 1.165) is 0 Å². The number of anilines is 1. The smallest absolute Gasteiger partial charge is 0.337 e. The maximum atomic E-state index is 13.0. The number of esters is 1. The van der Waals surface area contributed by atoms with Gasteiger partial charge in [0.25, 0.3) is 0 Å². The average Bonchev–Trinajstić information content (AvgIpc) is 2.75. The molecule has 2 aromatic rings. The fourth-order valence-electron chi connectivity index (χ4n) is 3.39. The number of rotatable bonds is 6. The number of carbonyl (C=O) groups excluding carboxylic acids is 2. The number of ether oxygens (including phenoxy) is 3. The minimum absolute atomic E-state index is 0.0251. The van der Waals surface area contributed by atoms with Gasteiger partial charge in [0.2, 0.25) is 0 Å². The lowest BCUT2D eigenvalue weighted by Gasteiger charge is -2.35. The largest absolute Gasteiger partial charge is 0.504 e. The molecule has 1 unspecified atom stereocenters. The molecule has 8 heteroatoms. The van der Waals surface area contributed by atoms with Crippen molar-refractivity contribution in [2.75, 3.05) is 25.7 Å². The molecule has 2 amide bonds. The monoisotopic (exact) mass is 412 g/mol. The van der Waals surface area contributed by atoms with Gasteiger partial charge in [-0.3, -0.25) is 4.90 Å². The topological polar surface area (TPSA) is 97.3 Å². The van der Waals surface area contributed by atoms with Crippen LogP contribution in [0.5, 0.6) is 17.2 Å². The number of allylic oxidation sites excluding steroid dienone is 1. The molecule has 0 aliphatic carbocycles. The molecule has 1 heterocycles. The number of nitrogens with one attached hydrogen (secondary N) is 1. The van der Waals surface area contributed by atoms with Crippen molar-refractivity contribution in [3.63, 3.8) is 0 Å². The minimum Gasteiger partial charge on any atom is -0.504 e. The van der Waals surface area contributed by atoms with Gasteiger partial charge in [-0.25, -0.2) is 9.59 Å². The van der Waals surface area contributed by atoms with Crippen molar-refractivity contribution in [3.05, 3.63) is 59.3 Å². The highest BCUT2D eigenvalue weighted by atomic mass is 16.5. The molecule has 0 spiro atoms. The highest BCUT2D eigenvalue weighted by molar-refractivity contribution is 6.03. The maximum absolute atomic E-state index is 13.0. The second-order valence-electron chi connectivity index (χ2n) is 6.57. The molecule has 2 N–H and O–H groups in total. The molecule has 1 aliphatic rings. The molecule has 0 fully saturated rings. The van der Waals surface area contributed by atoms with Crippen LogP contribution in [0.1, 0.15) is 25.5 Å². The quantitative estimate of drug-likeness (QED) is 0.705. The number of hydrogen-bond donors (Lipinski definition) is 2. The highest BCUT2D eigenvalue weighted by Gasteiger charge is 2.37. The second kappa shape index (κ2) is 8.77. The third-order valence-corrected chi connectivity index (χ3v) is 4.84. The van der Waals surface area contributed by atoms with E-state index in [1.165, 1.54) is 18.1 Å². The van der Waals surface area contributed by atoms with Crippen LogP contribution < -0.4 is 19.7 Å². The van der Waals surface area contributed by atoms with E-state index >= 15 is 0 Å². The third kappa shape index (κ3) is 3.89. The molecule has 0 saturated heterocycles. The van der Waals surface area contributed by atoms with E-state index in [2.05, 4.69) is 5.32 Å². The van der Waals surface area contributed by atoms with Gasteiger partial charge in [-0.2, -0.15) is 0 Å². The zero-order valence-electron chi connectivity index (χ0n) is 17.3. The number of nitrogens with zero attached hydrogens (tertiary/aromatic N) is 1. The summed E-state index contributed by atoms with van der Waals surface area (Å²) in [4.78, 5) is 27.1. The first-order valence-electron chi connectivity index (χ1n) is 9.40. The fraction of sp³-hybridized carbons (Fsp3) is 0.273. The Morgan fingerprint density at radius 2 is 1.87 bits per heavy atom. The van der Waals surface area contributed by atoms with Crippen molar-refractivity contribution >= 4 is 17.7 Å². The Labute approximate surface area is 174 Å². The van der Waals surface area contributed by atoms with Gasteiger partial charge in [-0.1, -0.05) is 6.07 Å². The number of phenols is 1. The summed E-state index contributed by atoms with van der Waals surface area (Å²) in [6, 6.07) is 10.4. The van der Waals surface area contributed by atoms with Crippen molar-refractivity contribution in [1.29, 1.82) is 0 Å². The number of methoxy groups -OCH3 is 2. The number of amides is 2. The van der Waals surface area contributed by atoms with Crippen molar-refractivity contribution < 1.29 is 28.9 Å². The standard InChI is InChI=1S/C22H24N2O6/c1-5-30-18-12-14(6-11-17(18)25)20-19(21(26)29-4)13(2)24(22(27)23-20)15-7-9-16(28-3)10-8-15/h6-12,20,25H,5H2,1-4H3,(H,23,27). The second-order valence-corrected chi connectivity index (χ2v) is 6.57. The molecule has 158 valence electrons. The Morgan fingerprint density at radius 3 is 2.47 bits per heavy atom. The van der Waals surface area contributed by atoms with Gasteiger partial charge < -0.3 is 24.6 Å². The highest BCUT2D eigenvalue weighted by Crippen LogP contribution is 2.37. The zero-order chi connectivity index (χ0) is 21.8. The first-order chi connectivity index (χ1) is 14.4. The summed E-state index contributed by atoms with van der Waals surface area (Å²) in [5.41, 5.74) is 1.87. The summed E-state index contributed by atoms with van der Waals surface area (Å²) >= 11 is 0. The predicted molar refractivity (Wildman–Crippen MR) is 111 cm³/mol. The normalized spacial score (nSPS) is 16.2. The summed E-state index contributed by atoms with van der Waals surface area (Å²) in [5, 5.41) is 12.8. The minimum atomic E-state index is -0.765. The summed E-state index contributed by atoms with van der Waals surface area (Å²) in [6.07, 6.45) is 0. The molecule has 1 aliphatic heterocycles. The van der Waals surface area contributed by atoms with E-state index in [4.69, 9.17) is 14.2 Å². The molecule has 3 rings (SSSR count). The number of aromatic hydroxyl groups is 1. The van der Waals surface area contributed by atoms with Gasteiger partial charge in [0.1, 0.15) is 5.75 Å². The molecule has 0 aromatic heterocycles. The molecular formula is C22H24N2O6. The van der Waals surface area contributed by atoms with Crippen LogP contribution in [-0.2, 0) is 9.53 Å². The lowest BCUT2D eigenvalue weighted by molar-refractivity contribution is -0.136. The number of hydrogen-bond acceptors (Lipinski definition) is 6. The van der Waals surface area contributed by atoms with Crippen LogP contribution in [0.15, 0.2) is 53.7 Å². The van der Waals surface area contributed by atoms with Gasteiger partial charge in [0, 0.05) is 5.70 Å². The molecule has 0 radical (unpaired) electrons. The SMILES string of the molecule is CCOc1cc(C2NC(=O)N(c3ccc(OC)cc3)C(C)=C2C(=O)OC)ccc1O. The lowest BCUT2D eigenvalue weighted by Crippen LogP contribution is -2.48. The van der Waals surface area contributed by atoms with E-state index in [9.17, 15) is 14.7 Å². The van der Waals surface area contributed by atoms with E-state index < -0.39 is 18.0 Å². The zero-order valence-corrected chi connectivity index (χ0v) is 17.3. The van der Waals surface area contributed by atoms with Crippen LogP contribution in [0.2, 0.25) is 0 Å². The Morgan fingerprint density at radius 1 is 1.17 bits per heavy atom. The van der Waals surface area contributed by atoms with Gasteiger partial charge in [0.05, 0.1) is 38.1 Å². The summed E-state index contributed by atoms with van der Waals surface area (Å²) in [7, 11) is 2.85. The van der Waals surface area contributed by atoms with Gasteiger partial charge >= 0.3 is 12.0 Å². The first-order valence-corrected chi connectivity index (χ1v) is 9.40. The Kier molecular flexibility index (Phi) is 6.15. The van der Waals surface area contributed by atoms with Crippen LogP contribution in [-0.4, -0.2) is 37.9 Å². The van der Waals surface area contributed by atoms with Crippen LogP contribution in [0, 0.1) is 0 Å². The molecule has 0 bridgehead atoms. The van der Waals surface area contributed by atoms with E-state index in [-0.39, 0.29) is 17.1 Å². The Hall–Kier alpha value is -3.68. The van der Waals surface area contributed by atoms with Gasteiger partial charge in [0.15, 0.2) is 11.5 Å². The Bertz CT molecular complexity index is 984. The van der Waals surface area contributed by atoms with Crippen LogP contribution in [0.25, 0.3) is 0 Å². The van der Waals surface area contributed by atoms with Crippen molar-refractivity contribution in [2.24, 2.45) is 0 Å². The van der Waals surface area contributed by atoms with Crippen LogP contribution in [0.4, 0.5) is 10.5 Å². The molecule has 1 atom stereocenters. The average molecular weight is 412 g/mol. The van der Waals surface area contributed by atoms with Crippen molar-refractivity contribution in [3.8, 4) is 17.2 Å². The molecule has 8 nitrogen and oxygen atoms in total. The third-order valence-electron chi connectivity index (χ3n) is 4.84. The van der Waals surface area contributed by atoms with Crippen molar-refractivity contribution in [2.45, 2.75) is 19.9 Å². The lowest BCUT2D eigenvalue weighted by atomic mass is 9.94. The summed E-state index contributed by atoms with van der Waals surface area (Å²) < 4.78 is 15.6.